The summed E-state index contributed by atoms with van der Waals surface area (Å²) < 4.78 is 22.0. The lowest BCUT2D eigenvalue weighted by atomic mass is 10.0. The van der Waals surface area contributed by atoms with Gasteiger partial charge in [-0.05, 0) is 55.4 Å². The van der Waals surface area contributed by atoms with E-state index in [2.05, 4.69) is 9.69 Å². The van der Waals surface area contributed by atoms with Crippen LogP contribution in [0.4, 0.5) is 14.2 Å². The summed E-state index contributed by atoms with van der Waals surface area (Å²) in [7, 11) is 1.30. The van der Waals surface area contributed by atoms with E-state index in [4.69, 9.17) is 4.74 Å². The standard InChI is InChI=1S/C18H20FN3O3S/c1-11-15(17(23)25-2)16(26-21-11)20-18(24)22-9-3-4-14(22)10-12-5-7-13(19)8-6-12/h5-8,14H,3-4,9-10H2,1-2H3,(H,20,24). The monoisotopic (exact) mass is 377 g/mol. The molecule has 0 spiro atoms. The molecule has 3 rings (SSSR count). The third kappa shape index (κ3) is 3.85. The maximum absolute atomic E-state index is 13.1. The van der Waals surface area contributed by atoms with Gasteiger partial charge in [-0.15, -0.1) is 0 Å². The minimum atomic E-state index is -0.518. The number of aryl methyl sites for hydroxylation is 1. The van der Waals surface area contributed by atoms with Crippen LogP contribution in [0.25, 0.3) is 0 Å². The average Bonchev–Trinajstić information content (AvgIpc) is 3.23. The predicted octanol–water partition coefficient (Wildman–Crippen LogP) is 3.62. The number of methoxy groups -OCH3 is 1. The Bertz CT molecular complexity index is 807. The van der Waals surface area contributed by atoms with E-state index in [1.807, 2.05) is 0 Å². The Morgan fingerprint density at radius 1 is 1.38 bits per heavy atom. The van der Waals surface area contributed by atoms with Crippen LogP contribution in [0.1, 0.15) is 34.5 Å². The first kappa shape index (κ1) is 18.3. The van der Waals surface area contributed by atoms with Crippen LogP contribution in [0.3, 0.4) is 0 Å². The average molecular weight is 377 g/mol. The van der Waals surface area contributed by atoms with Crippen LogP contribution in [0.15, 0.2) is 24.3 Å². The number of benzene rings is 1. The summed E-state index contributed by atoms with van der Waals surface area (Å²) in [6, 6.07) is 6.12. The van der Waals surface area contributed by atoms with Gasteiger partial charge in [0.1, 0.15) is 16.4 Å². The van der Waals surface area contributed by atoms with Crippen LogP contribution in [-0.2, 0) is 11.2 Å². The number of nitrogens with zero attached hydrogens (tertiary/aromatic N) is 2. The van der Waals surface area contributed by atoms with Crippen molar-refractivity contribution in [3.05, 3.63) is 46.9 Å². The Balaban J connectivity index is 1.71. The number of rotatable bonds is 4. The van der Waals surface area contributed by atoms with Gasteiger partial charge in [-0.1, -0.05) is 12.1 Å². The molecule has 1 aliphatic heterocycles. The first-order chi connectivity index (χ1) is 12.5. The fourth-order valence-corrected chi connectivity index (χ4v) is 3.95. The van der Waals surface area contributed by atoms with Crippen LogP contribution in [-0.4, -0.2) is 41.0 Å². The van der Waals surface area contributed by atoms with Crippen molar-refractivity contribution in [2.45, 2.75) is 32.2 Å². The Morgan fingerprint density at radius 2 is 2.12 bits per heavy atom. The molecule has 0 aliphatic carbocycles. The third-order valence-electron chi connectivity index (χ3n) is 4.50. The van der Waals surface area contributed by atoms with Gasteiger partial charge in [-0.25, -0.2) is 14.0 Å². The van der Waals surface area contributed by atoms with Crippen LogP contribution >= 0.6 is 11.5 Å². The Morgan fingerprint density at radius 3 is 2.81 bits per heavy atom. The molecule has 6 nitrogen and oxygen atoms in total. The third-order valence-corrected chi connectivity index (χ3v) is 5.35. The van der Waals surface area contributed by atoms with Gasteiger partial charge in [0.15, 0.2) is 0 Å². The van der Waals surface area contributed by atoms with E-state index in [0.717, 1.165) is 29.9 Å². The summed E-state index contributed by atoms with van der Waals surface area (Å²) >= 11 is 1.06. The zero-order valence-corrected chi connectivity index (χ0v) is 15.4. The molecular formula is C18H20FN3O3S. The van der Waals surface area contributed by atoms with Gasteiger partial charge in [-0.2, -0.15) is 4.37 Å². The van der Waals surface area contributed by atoms with Crippen LogP contribution < -0.4 is 5.32 Å². The van der Waals surface area contributed by atoms with E-state index in [0.29, 0.717) is 29.2 Å². The number of amides is 2. The van der Waals surface area contributed by atoms with Crippen LogP contribution in [0.2, 0.25) is 0 Å². The second kappa shape index (κ2) is 7.82. The Hall–Kier alpha value is -2.48. The molecule has 2 aromatic rings. The van der Waals surface area contributed by atoms with Gasteiger partial charge in [0.05, 0.1) is 12.8 Å². The summed E-state index contributed by atoms with van der Waals surface area (Å²) in [6.45, 7) is 2.34. The quantitative estimate of drug-likeness (QED) is 0.826. The Kier molecular flexibility index (Phi) is 5.51. The normalized spacial score (nSPS) is 16.6. The molecule has 0 saturated carbocycles. The number of hydrogen-bond acceptors (Lipinski definition) is 5. The van der Waals surface area contributed by atoms with Crippen LogP contribution in [0.5, 0.6) is 0 Å². The van der Waals surface area contributed by atoms with E-state index in [-0.39, 0.29) is 17.9 Å². The Labute approximate surface area is 155 Å². The highest BCUT2D eigenvalue weighted by Gasteiger charge is 2.30. The van der Waals surface area contributed by atoms with Crippen molar-refractivity contribution in [3.63, 3.8) is 0 Å². The van der Waals surface area contributed by atoms with Gasteiger partial charge < -0.3 is 9.64 Å². The molecule has 8 heteroatoms. The lowest BCUT2D eigenvalue weighted by Crippen LogP contribution is -2.39. The number of esters is 1. The SMILES string of the molecule is COC(=O)c1c(C)nsc1NC(=O)N1CCCC1Cc1ccc(F)cc1. The lowest BCUT2D eigenvalue weighted by Gasteiger charge is -2.25. The number of aromatic nitrogens is 1. The fourth-order valence-electron chi connectivity index (χ4n) is 3.17. The van der Waals surface area contributed by atoms with E-state index >= 15 is 0 Å². The maximum atomic E-state index is 13.1. The molecule has 1 aromatic carbocycles. The molecule has 2 amide bonds. The topological polar surface area (TPSA) is 71.5 Å². The molecule has 1 aromatic heterocycles. The van der Waals surface area contributed by atoms with E-state index in [1.54, 1.807) is 24.0 Å². The molecule has 0 radical (unpaired) electrons. The highest BCUT2D eigenvalue weighted by Crippen LogP contribution is 2.27. The van der Waals surface area contributed by atoms with Gasteiger partial charge >= 0.3 is 12.0 Å². The summed E-state index contributed by atoms with van der Waals surface area (Å²) in [6.07, 6.45) is 2.46. The molecule has 138 valence electrons. The molecule has 26 heavy (non-hydrogen) atoms. The van der Waals surface area contributed by atoms with Gasteiger partial charge in [0.25, 0.3) is 0 Å². The molecule has 1 aliphatic rings. The zero-order chi connectivity index (χ0) is 18.7. The number of likely N-dealkylation sites (tertiary alicyclic amines) is 1. The maximum Gasteiger partial charge on any atom is 0.342 e. The number of ether oxygens (including phenoxy) is 1. The van der Waals surface area contributed by atoms with Crippen molar-refractivity contribution in [2.75, 3.05) is 19.0 Å². The van der Waals surface area contributed by atoms with Crippen molar-refractivity contribution in [2.24, 2.45) is 0 Å². The number of hydrogen-bond donors (Lipinski definition) is 1. The van der Waals surface area contributed by atoms with E-state index < -0.39 is 5.97 Å². The van der Waals surface area contributed by atoms with Crippen LogP contribution in [0, 0.1) is 12.7 Å². The lowest BCUT2D eigenvalue weighted by molar-refractivity contribution is 0.0601. The number of nitrogens with one attached hydrogen (secondary N) is 1. The smallest absolute Gasteiger partial charge is 0.342 e. The second-order valence-electron chi connectivity index (χ2n) is 6.21. The minimum absolute atomic E-state index is 0.0380. The van der Waals surface area contributed by atoms with E-state index in [9.17, 15) is 14.0 Å². The summed E-state index contributed by atoms with van der Waals surface area (Å²) in [5.41, 5.74) is 1.81. The molecule has 0 bridgehead atoms. The molecule has 1 saturated heterocycles. The van der Waals surface area contributed by atoms with E-state index in [1.165, 1.54) is 19.2 Å². The van der Waals surface area contributed by atoms with Crippen molar-refractivity contribution >= 4 is 28.5 Å². The van der Waals surface area contributed by atoms with Gasteiger partial charge in [0, 0.05) is 12.6 Å². The zero-order valence-electron chi connectivity index (χ0n) is 14.6. The first-order valence-electron chi connectivity index (χ1n) is 8.36. The predicted molar refractivity (Wildman–Crippen MR) is 97.0 cm³/mol. The summed E-state index contributed by atoms with van der Waals surface area (Å²) in [5.74, 6) is -0.790. The fraction of sp³-hybridized carbons (Fsp3) is 0.389. The number of urea groups is 1. The molecule has 1 atom stereocenters. The minimum Gasteiger partial charge on any atom is -0.465 e. The number of carbonyl (C=O) groups excluding carboxylic acids is 2. The highest BCUT2D eigenvalue weighted by atomic mass is 32.1. The largest absolute Gasteiger partial charge is 0.465 e. The molecular weight excluding hydrogens is 357 g/mol. The summed E-state index contributed by atoms with van der Waals surface area (Å²) in [4.78, 5) is 26.4. The number of anilines is 1. The number of halogens is 1. The van der Waals surface area contributed by atoms with Crippen molar-refractivity contribution in [3.8, 4) is 0 Å². The van der Waals surface area contributed by atoms with Crippen molar-refractivity contribution < 1.29 is 18.7 Å². The second-order valence-corrected chi connectivity index (χ2v) is 6.99. The molecule has 1 N–H and O–H groups in total. The number of carbonyl (C=O) groups is 2. The van der Waals surface area contributed by atoms with Crippen molar-refractivity contribution in [1.29, 1.82) is 0 Å². The molecule has 1 fully saturated rings. The highest BCUT2D eigenvalue weighted by molar-refractivity contribution is 7.11. The van der Waals surface area contributed by atoms with Gasteiger partial charge in [-0.3, -0.25) is 5.32 Å². The first-order valence-corrected chi connectivity index (χ1v) is 9.13. The molecule has 1 unspecified atom stereocenters. The summed E-state index contributed by atoms with van der Waals surface area (Å²) in [5, 5.41) is 3.19. The molecule has 2 heterocycles. The van der Waals surface area contributed by atoms with Crippen molar-refractivity contribution in [1.82, 2.24) is 9.27 Å². The van der Waals surface area contributed by atoms with Gasteiger partial charge in [0.2, 0.25) is 0 Å².